The Hall–Kier alpha value is -3.34. The quantitative estimate of drug-likeness (QED) is 0.414. The van der Waals surface area contributed by atoms with Crippen molar-refractivity contribution in [1.82, 2.24) is 4.98 Å². The summed E-state index contributed by atoms with van der Waals surface area (Å²) in [5, 5.41) is 11.1. The van der Waals surface area contributed by atoms with Crippen LogP contribution in [0.3, 0.4) is 0 Å². The third-order valence-electron chi connectivity index (χ3n) is 4.06. The highest BCUT2D eigenvalue weighted by atomic mass is 16.6. The van der Waals surface area contributed by atoms with Crippen LogP contribution in [0.1, 0.15) is 22.4 Å². The van der Waals surface area contributed by atoms with E-state index in [0.717, 1.165) is 33.8 Å². The number of benzene rings is 2. The lowest BCUT2D eigenvalue weighted by Gasteiger charge is -2.09. The van der Waals surface area contributed by atoms with Gasteiger partial charge in [0.2, 0.25) is 0 Å². The monoisotopic (exact) mass is 315 g/mol. The molecule has 2 aromatic carbocycles. The van der Waals surface area contributed by atoms with E-state index in [1.165, 1.54) is 6.07 Å². The summed E-state index contributed by atoms with van der Waals surface area (Å²) in [6.45, 7) is 0. The molecule has 0 saturated carbocycles. The van der Waals surface area contributed by atoms with Gasteiger partial charge in [-0.1, -0.05) is 36.4 Å². The van der Waals surface area contributed by atoms with Crippen molar-refractivity contribution < 1.29 is 4.92 Å². The topological polar surface area (TPSA) is 68.4 Å². The van der Waals surface area contributed by atoms with Gasteiger partial charge in [-0.15, -0.1) is 0 Å². The predicted octanol–water partition coefficient (Wildman–Crippen LogP) is 4.06. The Labute approximate surface area is 138 Å². The molecule has 116 valence electrons. The molecule has 0 bridgehead atoms. The third-order valence-corrected chi connectivity index (χ3v) is 4.06. The average Bonchev–Trinajstić information content (AvgIpc) is 2.78. The number of pyridine rings is 1. The number of nitro benzene ring substituents is 1. The maximum atomic E-state index is 11.1. The molecule has 4 rings (SSSR count). The van der Waals surface area contributed by atoms with Gasteiger partial charge in [-0.25, -0.2) is 4.99 Å². The lowest BCUT2D eigenvalue weighted by molar-refractivity contribution is -0.384. The number of non-ortho nitro benzene ring substituents is 1. The van der Waals surface area contributed by atoms with E-state index in [9.17, 15) is 10.1 Å². The summed E-state index contributed by atoms with van der Waals surface area (Å²) in [7, 11) is 0. The summed E-state index contributed by atoms with van der Waals surface area (Å²) in [5.41, 5.74) is 5.33. The van der Waals surface area contributed by atoms with E-state index in [1.54, 1.807) is 18.3 Å². The number of nitrogens with zero attached hydrogens (tertiary/aromatic N) is 3. The Morgan fingerprint density at radius 3 is 2.75 bits per heavy atom. The number of hydrogen-bond acceptors (Lipinski definition) is 4. The molecule has 0 N–H and O–H groups in total. The zero-order chi connectivity index (χ0) is 16.5. The van der Waals surface area contributed by atoms with E-state index in [1.807, 2.05) is 42.5 Å². The van der Waals surface area contributed by atoms with Crippen LogP contribution >= 0.6 is 0 Å². The Morgan fingerprint density at radius 1 is 1.00 bits per heavy atom. The van der Waals surface area contributed by atoms with E-state index < -0.39 is 0 Å². The van der Waals surface area contributed by atoms with Crippen molar-refractivity contribution in [2.75, 3.05) is 0 Å². The predicted molar refractivity (Wildman–Crippen MR) is 91.9 cm³/mol. The zero-order valence-corrected chi connectivity index (χ0v) is 12.7. The minimum Gasteiger partial charge on any atom is -0.259 e. The maximum absolute atomic E-state index is 11.1. The summed E-state index contributed by atoms with van der Waals surface area (Å²) >= 11 is 0. The number of fused-ring (bicyclic) bond motifs is 2. The Balaban J connectivity index is 1.97. The average molecular weight is 315 g/mol. The van der Waals surface area contributed by atoms with E-state index in [2.05, 4.69) is 4.98 Å². The molecule has 0 aliphatic carbocycles. The molecule has 5 nitrogen and oxygen atoms in total. The van der Waals surface area contributed by atoms with Crippen molar-refractivity contribution in [3.8, 4) is 0 Å². The minimum atomic E-state index is -0.387. The Morgan fingerprint density at radius 2 is 1.88 bits per heavy atom. The first-order chi connectivity index (χ1) is 11.7. The van der Waals surface area contributed by atoms with Gasteiger partial charge in [-0.05, 0) is 17.7 Å². The van der Waals surface area contributed by atoms with Gasteiger partial charge in [0, 0.05) is 35.9 Å². The van der Waals surface area contributed by atoms with E-state index >= 15 is 0 Å². The second kappa shape index (κ2) is 5.70. The van der Waals surface area contributed by atoms with Gasteiger partial charge in [-0.3, -0.25) is 15.1 Å². The highest BCUT2D eigenvalue weighted by molar-refractivity contribution is 6.15. The molecule has 1 aromatic heterocycles. The smallest absolute Gasteiger partial charge is 0.259 e. The molecule has 24 heavy (non-hydrogen) atoms. The maximum Gasteiger partial charge on any atom is 0.270 e. The lowest BCUT2D eigenvalue weighted by atomic mass is 9.96. The molecule has 0 spiro atoms. The fourth-order valence-electron chi connectivity index (χ4n) is 2.92. The van der Waals surface area contributed by atoms with Gasteiger partial charge in [0.25, 0.3) is 5.69 Å². The lowest BCUT2D eigenvalue weighted by Crippen LogP contribution is -2.06. The standard InChI is InChI=1S/C19H13N3O2/c23-22(24)15-7-3-6-14(11-15)19-16-8-2-1-5-13(16)12-18-17(21-19)9-4-10-20-18/h1-11H,12H2. The summed E-state index contributed by atoms with van der Waals surface area (Å²) in [6.07, 6.45) is 2.45. The second-order valence-electron chi connectivity index (χ2n) is 5.57. The molecular weight excluding hydrogens is 302 g/mol. The van der Waals surface area contributed by atoms with Gasteiger partial charge < -0.3 is 0 Å². The van der Waals surface area contributed by atoms with Crippen LogP contribution in [0.2, 0.25) is 0 Å². The first-order valence-corrected chi connectivity index (χ1v) is 7.58. The number of hydrogen-bond donors (Lipinski definition) is 0. The van der Waals surface area contributed by atoms with Crippen LogP contribution in [0.4, 0.5) is 11.4 Å². The first kappa shape index (κ1) is 14.3. The molecule has 5 heteroatoms. The van der Waals surface area contributed by atoms with Crippen LogP contribution < -0.4 is 0 Å². The van der Waals surface area contributed by atoms with Crippen molar-refractivity contribution in [3.63, 3.8) is 0 Å². The van der Waals surface area contributed by atoms with Crippen molar-refractivity contribution in [3.05, 3.63) is 99.4 Å². The van der Waals surface area contributed by atoms with Crippen molar-refractivity contribution in [1.29, 1.82) is 0 Å². The van der Waals surface area contributed by atoms with Crippen LogP contribution in [0, 0.1) is 10.1 Å². The van der Waals surface area contributed by atoms with Crippen LogP contribution in [-0.4, -0.2) is 15.6 Å². The van der Waals surface area contributed by atoms with E-state index in [-0.39, 0.29) is 10.6 Å². The molecule has 2 heterocycles. The van der Waals surface area contributed by atoms with Crippen molar-refractivity contribution in [2.45, 2.75) is 6.42 Å². The highest BCUT2D eigenvalue weighted by Gasteiger charge is 2.19. The zero-order valence-electron chi connectivity index (χ0n) is 12.7. The summed E-state index contributed by atoms with van der Waals surface area (Å²) in [5.74, 6) is 0. The molecule has 1 aliphatic heterocycles. The molecule has 3 aromatic rings. The largest absolute Gasteiger partial charge is 0.270 e. The van der Waals surface area contributed by atoms with Gasteiger partial charge in [0.15, 0.2) is 0 Å². The van der Waals surface area contributed by atoms with Crippen LogP contribution in [0.15, 0.2) is 71.9 Å². The van der Waals surface area contributed by atoms with Gasteiger partial charge in [0.1, 0.15) is 0 Å². The van der Waals surface area contributed by atoms with Crippen LogP contribution in [0.5, 0.6) is 0 Å². The minimum absolute atomic E-state index is 0.0586. The first-order valence-electron chi connectivity index (χ1n) is 7.58. The Kier molecular flexibility index (Phi) is 3.39. The van der Waals surface area contributed by atoms with E-state index in [0.29, 0.717) is 6.42 Å². The third kappa shape index (κ3) is 2.46. The summed E-state index contributed by atoms with van der Waals surface area (Å²) in [6, 6.07) is 18.4. The fraction of sp³-hybridized carbons (Fsp3) is 0.0526. The van der Waals surface area contributed by atoms with Crippen molar-refractivity contribution in [2.24, 2.45) is 4.99 Å². The molecule has 0 atom stereocenters. The fourth-order valence-corrected chi connectivity index (χ4v) is 2.92. The molecular formula is C19H13N3O2. The molecule has 0 amide bonds. The van der Waals surface area contributed by atoms with E-state index in [4.69, 9.17) is 4.99 Å². The summed E-state index contributed by atoms with van der Waals surface area (Å²) < 4.78 is 0. The van der Waals surface area contributed by atoms with Gasteiger partial charge in [-0.2, -0.15) is 0 Å². The SMILES string of the molecule is O=[N+]([O-])c1cccc(C2=Nc3cccnc3Cc3ccccc32)c1. The second-order valence-corrected chi connectivity index (χ2v) is 5.57. The van der Waals surface area contributed by atoms with Gasteiger partial charge >= 0.3 is 0 Å². The highest BCUT2D eigenvalue weighted by Crippen LogP contribution is 2.30. The van der Waals surface area contributed by atoms with Crippen molar-refractivity contribution >= 4 is 17.1 Å². The molecule has 0 radical (unpaired) electrons. The normalized spacial score (nSPS) is 12.6. The van der Waals surface area contributed by atoms with Gasteiger partial charge in [0.05, 0.1) is 22.0 Å². The molecule has 0 saturated heterocycles. The number of aliphatic imine (C=N–C) groups is 1. The molecule has 1 aliphatic rings. The van der Waals surface area contributed by atoms with Crippen LogP contribution in [0.25, 0.3) is 0 Å². The number of aromatic nitrogens is 1. The number of rotatable bonds is 2. The molecule has 0 unspecified atom stereocenters. The Bertz CT molecular complexity index is 980. The molecule has 0 fully saturated rings. The number of nitro groups is 1. The summed E-state index contributed by atoms with van der Waals surface area (Å²) in [4.78, 5) is 19.9. The van der Waals surface area contributed by atoms with Crippen LogP contribution in [-0.2, 0) is 6.42 Å².